The highest BCUT2D eigenvalue weighted by molar-refractivity contribution is 7.18. The van der Waals surface area contributed by atoms with E-state index < -0.39 is 0 Å². The maximum Gasteiger partial charge on any atom is 0.261 e. The molecule has 1 N–H and O–H groups in total. The SMILES string of the molecule is CCNc1nnc(-c2ccc(C)n(CCC(C)C)c2=O)s1. The molecule has 0 spiro atoms. The molecule has 114 valence electrons. The summed E-state index contributed by atoms with van der Waals surface area (Å²) in [6, 6.07) is 3.82. The summed E-state index contributed by atoms with van der Waals surface area (Å²) >= 11 is 1.42. The van der Waals surface area contributed by atoms with Crippen LogP contribution in [-0.2, 0) is 6.54 Å². The summed E-state index contributed by atoms with van der Waals surface area (Å²) in [5, 5.41) is 12.7. The number of hydrogen-bond acceptors (Lipinski definition) is 5. The van der Waals surface area contributed by atoms with Gasteiger partial charge < -0.3 is 9.88 Å². The van der Waals surface area contributed by atoms with Gasteiger partial charge in [-0.05, 0) is 38.3 Å². The highest BCUT2D eigenvalue weighted by Gasteiger charge is 2.13. The van der Waals surface area contributed by atoms with Crippen LogP contribution in [0.4, 0.5) is 5.13 Å². The number of pyridine rings is 1. The summed E-state index contributed by atoms with van der Waals surface area (Å²) in [4.78, 5) is 12.7. The van der Waals surface area contributed by atoms with Gasteiger partial charge in [-0.25, -0.2) is 0 Å². The third-order valence-electron chi connectivity index (χ3n) is 3.31. The quantitative estimate of drug-likeness (QED) is 0.890. The number of nitrogens with zero attached hydrogens (tertiary/aromatic N) is 3. The van der Waals surface area contributed by atoms with Gasteiger partial charge in [0.25, 0.3) is 5.56 Å². The normalized spacial score (nSPS) is 11.1. The lowest BCUT2D eigenvalue weighted by Gasteiger charge is -2.12. The van der Waals surface area contributed by atoms with Crippen LogP contribution in [0.2, 0.25) is 0 Å². The molecule has 2 aromatic heterocycles. The molecule has 0 unspecified atom stereocenters. The minimum absolute atomic E-state index is 0.0230. The molecule has 0 aliphatic heterocycles. The molecule has 2 heterocycles. The fourth-order valence-corrected chi connectivity index (χ4v) is 2.88. The fourth-order valence-electron chi connectivity index (χ4n) is 2.05. The topological polar surface area (TPSA) is 59.8 Å². The predicted molar refractivity (Wildman–Crippen MR) is 88.0 cm³/mol. The second-order valence-corrected chi connectivity index (χ2v) is 6.45. The van der Waals surface area contributed by atoms with Crippen LogP contribution in [0.5, 0.6) is 0 Å². The van der Waals surface area contributed by atoms with Crippen LogP contribution in [0.3, 0.4) is 0 Å². The fraction of sp³-hybridized carbons (Fsp3) is 0.533. The average molecular weight is 306 g/mol. The van der Waals surface area contributed by atoms with E-state index in [0.29, 0.717) is 16.5 Å². The van der Waals surface area contributed by atoms with Crippen molar-refractivity contribution in [3.63, 3.8) is 0 Å². The largest absolute Gasteiger partial charge is 0.360 e. The van der Waals surface area contributed by atoms with Gasteiger partial charge in [0.1, 0.15) is 0 Å². The van der Waals surface area contributed by atoms with E-state index in [4.69, 9.17) is 0 Å². The van der Waals surface area contributed by atoms with Gasteiger partial charge in [-0.1, -0.05) is 25.2 Å². The van der Waals surface area contributed by atoms with E-state index in [2.05, 4.69) is 29.4 Å². The summed E-state index contributed by atoms with van der Waals surface area (Å²) in [6.07, 6.45) is 0.989. The molecule has 21 heavy (non-hydrogen) atoms. The summed E-state index contributed by atoms with van der Waals surface area (Å²) in [5.74, 6) is 0.571. The molecule has 0 amide bonds. The zero-order valence-corrected chi connectivity index (χ0v) is 13.8. The first-order valence-corrected chi connectivity index (χ1v) is 8.12. The maximum atomic E-state index is 12.7. The number of rotatable bonds is 6. The Morgan fingerprint density at radius 2 is 2.10 bits per heavy atom. The van der Waals surface area contributed by atoms with Crippen LogP contribution in [-0.4, -0.2) is 21.3 Å². The Hall–Kier alpha value is -1.69. The van der Waals surface area contributed by atoms with Crippen molar-refractivity contribution in [3.05, 3.63) is 28.2 Å². The molecule has 0 aliphatic carbocycles. The van der Waals surface area contributed by atoms with Crippen molar-refractivity contribution >= 4 is 16.5 Å². The van der Waals surface area contributed by atoms with Gasteiger partial charge in [0, 0.05) is 18.8 Å². The van der Waals surface area contributed by atoms with E-state index in [9.17, 15) is 4.79 Å². The summed E-state index contributed by atoms with van der Waals surface area (Å²) in [5.41, 5.74) is 1.64. The van der Waals surface area contributed by atoms with Crippen molar-refractivity contribution in [3.8, 4) is 10.6 Å². The Labute approximate surface area is 129 Å². The minimum atomic E-state index is 0.0230. The number of aromatic nitrogens is 3. The molecular formula is C15H22N4OS. The lowest BCUT2D eigenvalue weighted by molar-refractivity contribution is 0.502. The molecule has 0 atom stereocenters. The van der Waals surface area contributed by atoms with Crippen molar-refractivity contribution in [1.82, 2.24) is 14.8 Å². The third-order valence-corrected chi connectivity index (χ3v) is 4.22. The summed E-state index contributed by atoms with van der Waals surface area (Å²) < 4.78 is 1.84. The number of aryl methyl sites for hydroxylation is 1. The zero-order chi connectivity index (χ0) is 15.4. The lowest BCUT2D eigenvalue weighted by Crippen LogP contribution is -2.24. The number of anilines is 1. The molecule has 0 saturated carbocycles. The first-order valence-electron chi connectivity index (χ1n) is 7.31. The van der Waals surface area contributed by atoms with E-state index in [-0.39, 0.29) is 5.56 Å². The van der Waals surface area contributed by atoms with Gasteiger partial charge in [0.05, 0.1) is 5.56 Å². The van der Waals surface area contributed by atoms with Gasteiger partial charge in [-0.15, -0.1) is 10.2 Å². The molecule has 0 aromatic carbocycles. The standard InChI is InChI=1S/C15H22N4OS/c1-5-16-15-18-17-13(21-15)12-7-6-11(4)19(14(12)20)9-8-10(2)3/h6-7,10H,5,8-9H2,1-4H3,(H,16,18). The first-order chi connectivity index (χ1) is 10.0. The smallest absolute Gasteiger partial charge is 0.261 e. The van der Waals surface area contributed by atoms with Gasteiger partial charge in [-0.3, -0.25) is 4.79 Å². The molecular weight excluding hydrogens is 284 g/mol. The van der Waals surface area contributed by atoms with Crippen LogP contribution in [0.15, 0.2) is 16.9 Å². The van der Waals surface area contributed by atoms with Crippen LogP contribution >= 0.6 is 11.3 Å². The minimum Gasteiger partial charge on any atom is -0.360 e. The second-order valence-electron chi connectivity index (χ2n) is 5.47. The van der Waals surface area contributed by atoms with Crippen LogP contribution < -0.4 is 10.9 Å². The zero-order valence-electron chi connectivity index (χ0n) is 13.0. The van der Waals surface area contributed by atoms with Gasteiger partial charge in [0.15, 0.2) is 5.01 Å². The van der Waals surface area contributed by atoms with Crippen molar-refractivity contribution in [2.45, 2.75) is 40.7 Å². The summed E-state index contributed by atoms with van der Waals surface area (Å²) in [6.45, 7) is 9.84. The van der Waals surface area contributed by atoms with Crippen molar-refractivity contribution in [1.29, 1.82) is 0 Å². The Bertz CT molecular complexity index is 660. The molecule has 5 nitrogen and oxygen atoms in total. The molecule has 6 heteroatoms. The van der Waals surface area contributed by atoms with Crippen LogP contribution in [0, 0.1) is 12.8 Å². The maximum absolute atomic E-state index is 12.7. The predicted octanol–water partition coefficient (Wildman–Crippen LogP) is 3.15. The average Bonchev–Trinajstić information content (AvgIpc) is 2.87. The molecule has 0 aliphatic rings. The second kappa shape index (κ2) is 6.85. The molecule has 0 fully saturated rings. The van der Waals surface area contributed by atoms with E-state index in [0.717, 1.165) is 30.3 Å². The van der Waals surface area contributed by atoms with E-state index >= 15 is 0 Å². The van der Waals surface area contributed by atoms with E-state index in [1.54, 1.807) is 0 Å². The summed E-state index contributed by atoms with van der Waals surface area (Å²) in [7, 11) is 0. The molecule has 2 aromatic rings. The Balaban J connectivity index is 2.35. The van der Waals surface area contributed by atoms with Gasteiger partial charge in [0.2, 0.25) is 5.13 Å². The first kappa shape index (κ1) is 15.7. The Morgan fingerprint density at radius 3 is 2.76 bits per heavy atom. The molecule has 0 radical (unpaired) electrons. The number of hydrogen-bond donors (Lipinski definition) is 1. The van der Waals surface area contributed by atoms with Gasteiger partial charge in [-0.2, -0.15) is 0 Å². The molecule has 0 saturated heterocycles. The Morgan fingerprint density at radius 1 is 1.33 bits per heavy atom. The third kappa shape index (κ3) is 3.69. The number of nitrogens with one attached hydrogen (secondary N) is 1. The lowest BCUT2D eigenvalue weighted by atomic mass is 10.1. The highest BCUT2D eigenvalue weighted by Crippen LogP contribution is 2.24. The molecule has 2 rings (SSSR count). The van der Waals surface area contributed by atoms with E-state index in [1.807, 2.05) is 30.5 Å². The van der Waals surface area contributed by atoms with Crippen LogP contribution in [0.1, 0.15) is 32.9 Å². The van der Waals surface area contributed by atoms with Crippen molar-refractivity contribution in [2.24, 2.45) is 5.92 Å². The monoisotopic (exact) mass is 306 g/mol. The van der Waals surface area contributed by atoms with Crippen molar-refractivity contribution in [2.75, 3.05) is 11.9 Å². The van der Waals surface area contributed by atoms with Crippen molar-refractivity contribution < 1.29 is 0 Å². The molecule has 0 bridgehead atoms. The van der Waals surface area contributed by atoms with Crippen LogP contribution in [0.25, 0.3) is 10.6 Å². The van der Waals surface area contributed by atoms with E-state index in [1.165, 1.54) is 11.3 Å². The highest BCUT2D eigenvalue weighted by atomic mass is 32.1. The van der Waals surface area contributed by atoms with Gasteiger partial charge >= 0.3 is 0 Å². The Kier molecular flexibility index (Phi) is 5.12.